The van der Waals surface area contributed by atoms with Gasteiger partial charge in [-0.05, 0) is 12.1 Å². The molecule has 0 aliphatic rings. The van der Waals surface area contributed by atoms with E-state index in [1.165, 1.54) is 19.2 Å². The van der Waals surface area contributed by atoms with Gasteiger partial charge in [0.25, 0.3) is 0 Å². The zero-order valence-electron chi connectivity index (χ0n) is 8.06. The molecule has 0 fully saturated rings. The number of carbonyl (C=O) groups excluding carboxylic acids is 1. The van der Waals surface area contributed by atoms with Crippen molar-refractivity contribution >= 4 is 11.9 Å². The minimum atomic E-state index is -1.06. The van der Waals surface area contributed by atoms with Crippen molar-refractivity contribution in [2.45, 2.75) is 6.61 Å². The highest BCUT2D eigenvalue weighted by atomic mass is 16.5. The number of rotatable bonds is 5. The molecule has 1 aromatic rings. The Hall–Kier alpha value is -1.82. The molecule has 0 saturated heterocycles. The van der Waals surface area contributed by atoms with Crippen LogP contribution in [0.5, 0.6) is 0 Å². The molecular formula is C9H10O6. The Labute approximate surface area is 85.4 Å². The second-order valence-electron chi connectivity index (χ2n) is 2.64. The first-order valence-corrected chi connectivity index (χ1v) is 4.10. The van der Waals surface area contributed by atoms with Crippen LogP contribution >= 0.6 is 0 Å². The lowest BCUT2D eigenvalue weighted by molar-refractivity contribution is -0.142. The zero-order valence-corrected chi connectivity index (χ0v) is 8.06. The third kappa shape index (κ3) is 3.43. The van der Waals surface area contributed by atoms with Crippen LogP contribution in [0.2, 0.25) is 0 Å². The van der Waals surface area contributed by atoms with Crippen LogP contribution in [0, 0.1) is 0 Å². The van der Waals surface area contributed by atoms with Crippen LogP contribution < -0.4 is 0 Å². The molecule has 1 heterocycles. The summed E-state index contributed by atoms with van der Waals surface area (Å²) in [5, 5.41) is 8.29. The van der Waals surface area contributed by atoms with Crippen molar-refractivity contribution in [2.75, 3.05) is 13.7 Å². The summed E-state index contributed by atoms with van der Waals surface area (Å²) in [6.45, 7) is -0.405. The van der Waals surface area contributed by atoms with Crippen LogP contribution in [0.4, 0.5) is 0 Å². The molecule has 0 atom stereocenters. The van der Waals surface area contributed by atoms with Crippen molar-refractivity contribution in [3.8, 4) is 0 Å². The van der Waals surface area contributed by atoms with Crippen LogP contribution in [0.1, 0.15) is 16.3 Å². The number of esters is 1. The van der Waals surface area contributed by atoms with E-state index in [9.17, 15) is 9.59 Å². The van der Waals surface area contributed by atoms with Gasteiger partial charge in [-0.2, -0.15) is 0 Å². The number of hydrogen-bond acceptors (Lipinski definition) is 5. The third-order valence-corrected chi connectivity index (χ3v) is 1.52. The Balaban J connectivity index is 2.46. The molecule has 0 unspecified atom stereocenters. The first kappa shape index (κ1) is 11.3. The van der Waals surface area contributed by atoms with Gasteiger partial charge in [-0.25, -0.2) is 9.59 Å². The van der Waals surface area contributed by atoms with Crippen molar-refractivity contribution < 1.29 is 28.6 Å². The van der Waals surface area contributed by atoms with Crippen molar-refractivity contribution in [1.29, 1.82) is 0 Å². The van der Waals surface area contributed by atoms with Gasteiger partial charge < -0.3 is 19.0 Å². The molecule has 0 spiro atoms. The highest BCUT2D eigenvalue weighted by Gasteiger charge is 2.11. The second-order valence-corrected chi connectivity index (χ2v) is 2.64. The molecule has 6 nitrogen and oxygen atoms in total. The van der Waals surface area contributed by atoms with Gasteiger partial charge in [-0.1, -0.05) is 0 Å². The first-order chi connectivity index (χ1) is 7.13. The lowest BCUT2D eigenvalue weighted by Crippen LogP contribution is -2.06. The molecule has 0 radical (unpaired) electrons. The van der Waals surface area contributed by atoms with E-state index in [0.717, 1.165) is 0 Å². The number of carboxylic acids is 1. The van der Waals surface area contributed by atoms with Crippen LogP contribution in [0.25, 0.3) is 0 Å². The molecular weight excluding hydrogens is 204 g/mol. The predicted octanol–water partition coefficient (Wildman–Crippen LogP) is 0.667. The number of furan rings is 1. The minimum Gasteiger partial charge on any atom is -0.480 e. The van der Waals surface area contributed by atoms with E-state index in [2.05, 4.69) is 4.74 Å². The van der Waals surface area contributed by atoms with Gasteiger partial charge in [0.15, 0.2) is 0 Å². The molecule has 0 aliphatic heterocycles. The highest BCUT2D eigenvalue weighted by molar-refractivity contribution is 5.86. The normalized spacial score (nSPS) is 9.93. The molecule has 1 N–H and O–H groups in total. The molecule has 0 bridgehead atoms. The summed E-state index contributed by atoms with van der Waals surface area (Å²) in [6.07, 6.45) is 0. The van der Waals surface area contributed by atoms with E-state index in [4.69, 9.17) is 14.3 Å². The fraction of sp³-hybridized carbons (Fsp3) is 0.333. The summed E-state index contributed by atoms with van der Waals surface area (Å²) in [5.41, 5.74) is 0. The summed E-state index contributed by atoms with van der Waals surface area (Å²) in [4.78, 5) is 21.1. The van der Waals surface area contributed by atoms with Crippen LogP contribution in [-0.4, -0.2) is 30.8 Å². The Morgan fingerprint density at radius 2 is 2.20 bits per heavy atom. The van der Waals surface area contributed by atoms with E-state index in [0.29, 0.717) is 5.76 Å². The average Bonchev–Trinajstić information content (AvgIpc) is 2.65. The van der Waals surface area contributed by atoms with E-state index in [-0.39, 0.29) is 12.4 Å². The summed E-state index contributed by atoms with van der Waals surface area (Å²) in [6, 6.07) is 2.96. The fourth-order valence-corrected chi connectivity index (χ4v) is 0.905. The monoisotopic (exact) mass is 214 g/mol. The largest absolute Gasteiger partial charge is 0.480 e. The predicted molar refractivity (Wildman–Crippen MR) is 47.3 cm³/mol. The molecule has 0 amide bonds. The standard InChI is InChI=1S/C9H10O6/c1-13-9(12)7-3-2-6(15-7)4-14-5-8(10)11/h2-3H,4-5H2,1H3,(H,10,11). The molecule has 6 heteroatoms. The number of hydrogen-bond donors (Lipinski definition) is 1. The van der Waals surface area contributed by atoms with E-state index < -0.39 is 18.5 Å². The third-order valence-electron chi connectivity index (χ3n) is 1.52. The maximum absolute atomic E-state index is 11.0. The van der Waals surface area contributed by atoms with Gasteiger partial charge in [-0.15, -0.1) is 0 Å². The smallest absolute Gasteiger partial charge is 0.373 e. The summed E-state index contributed by atoms with van der Waals surface area (Å²) in [5.74, 6) is -1.21. The maximum Gasteiger partial charge on any atom is 0.373 e. The Bertz CT molecular complexity index is 353. The highest BCUT2D eigenvalue weighted by Crippen LogP contribution is 2.09. The Kier molecular flexibility index (Phi) is 3.87. The van der Waals surface area contributed by atoms with E-state index in [1.807, 2.05) is 0 Å². The van der Waals surface area contributed by atoms with Crippen molar-refractivity contribution in [3.63, 3.8) is 0 Å². The molecule has 15 heavy (non-hydrogen) atoms. The van der Waals surface area contributed by atoms with E-state index >= 15 is 0 Å². The van der Waals surface area contributed by atoms with Crippen LogP contribution in [-0.2, 0) is 20.9 Å². The summed E-state index contributed by atoms with van der Waals surface area (Å²) >= 11 is 0. The SMILES string of the molecule is COC(=O)c1ccc(COCC(=O)O)o1. The number of methoxy groups -OCH3 is 1. The summed E-state index contributed by atoms with van der Waals surface area (Å²) in [7, 11) is 1.24. The maximum atomic E-state index is 11.0. The van der Waals surface area contributed by atoms with Crippen molar-refractivity contribution in [1.82, 2.24) is 0 Å². The molecule has 1 aromatic heterocycles. The number of carbonyl (C=O) groups is 2. The Morgan fingerprint density at radius 1 is 1.47 bits per heavy atom. The minimum absolute atomic E-state index is 0.00327. The molecule has 1 rings (SSSR count). The molecule has 82 valence electrons. The van der Waals surface area contributed by atoms with Gasteiger partial charge >= 0.3 is 11.9 Å². The topological polar surface area (TPSA) is 86.0 Å². The first-order valence-electron chi connectivity index (χ1n) is 4.10. The van der Waals surface area contributed by atoms with E-state index in [1.54, 1.807) is 0 Å². The van der Waals surface area contributed by atoms with Crippen LogP contribution in [0.15, 0.2) is 16.5 Å². The van der Waals surface area contributed by atoms with Gasteiger partial charge in [0.05, 0.1) is 7.11 Å². The van der Waals surface area contributed by atoms with Crippen LogP contribution in [0.3, 0.4) is 0 Å². The van der Waals surface area contributed by atoms with Crippen molar-refractivity contribution in [2.24, 2.45) is 0 Å². The average molecular weight is 214 g/mol. The van der Waals surface area contributed by atoms with Crippen molar-refractivity contribution in [3.05, 3.63) is 23.7 Å². The molecule has 0 aliphatic carbocycles. The molecule has 0 aromatic carbocycles. The molecule has 0 saturated carbocycles. The quantitative estimate of drug-likeness (QED) is 0.725. The lowest BCUT2D eigenvalue weighted by Gasteiger charge is -1.97. The van der Waals surface area contributed by atoms with Gasteiger partial charge in [0, 0.05) is 0 Å². The number of ether oxygens (including phenoxy) is 2. The van der Waals surface area contributed by atoms with Gasteiger partial charge in [0.2, 0.25) is 5.76 Å². The summed E-state index contributed by atoms with van der Waals surface area (Å²) < 4.78 is 14.2. The number of aliphatic carboxylic acids is 1. The second kappa shape index (κ2) is 5.16. The van der Waals surface area contributed by atoms with Gasteiger partial charge in [0.1, 0.15) is 19.0 Å². The Morgan fingerprint density at radius 3 is 2.80 bits per heavy atom. The van der Waals surface area contributed by atoms with Gasteiger partial charge in [-0.3, -0.25) is 0 Å². The lowest BCUT2D eigenvalue weighted by atomic mass is 10.4. The number of carboxylic acid groups (broad SMARTS) is 1. The fourth-order valence-electron chi connectivity index (χ4n) is 0.905. The zero-order chi connectivity index (χ0) is 11.3.